The molecule has 0 saturated carbocycles. The van der Waals surface area contributed by atoms with Gasteiger partial charge in [-0.15, -0.1) is 0 Å². The van der Waals surface area contributed by atoms with Crippen LogP contribution in [0.1, 0.15) is 12.6 Å². The minimum absolute atomic E-state index is 0.0552. The van der Waals surface area contributed by atoms with Crippen LogP contribution in [0, 0.1) is 6.92 Å². The van der Waals surface area contributed by atoms with Crippen LogP contribution in [0.2, 0.25) is 0 Å². The van der Waals surface area contributed by atoms with E-state index in [-0.39, 0.29) is 6.17 Å². The summed E-state index contributed by atoms with van der Waals surface area (Å²) in [6.45, 7) is 3.89. The zero-order valence-electron chi connectivity index (χ0n) is 16.1. The Hall–Kier alpha value is -3.11. The van der Waals surface area contributed by atoms with Crippen molar-refractivity contribution in [3.8, 4) is 11.6 Å². The maximum atomic E-state index is 6.10. The molecule has 1 aliphatic rings. The van der Waals surface area contributed by atoms with Crippen LogP contribution in [0.3, 0.4) is 0 Å². The molecule has 0 N–H and O–H groups in total. The fourth-order valence-corrected chi connectivity index (χ4v) is 4.66. The molecule has 10 heteroatoms. The highest BCUT2D eigenvalue weighted by atomic mass is 32.2. The van der Waals surface area contributed by atoms with E-state index < -0.39 is 0 Å². The monoisotopic (exact) mass is 436 g/mol. The van der Waals surface area contributed by atoms with Crippen molar-refractivity contribution in [1.82, 2.24) is 20.1 Å². The van der Waals surface area contributed by atoms with Crippen molar-refractivity contribution in [3.63, 3.8) is 0 Å². The van der Waals surface area contributed by atoms with Crippen molar-refractivity contribution < 1.29 is 9.26 Å². The summed E-state index contributed by atoms with van der Waals surface area (Å²) >= 11 is 2.93. The number of hydrogen-bond acceptors (Lipinski definition) is 10. The number of pyridine rings is 1. The summed E-state index contributed by atoms with van der Waals surface area (Å²) in [6.07, 6.45) is 3.37. The van der Waals surface area contributed by atoms with Gasteiger partial charge in [0.1, 0.15) is 16.9 Å². The average Bonchev–Trinajstić information content (AvgIpc) is 3.35. The van der Waals surface area contributed by atoms with Crippen LogP contribution in [-0.2, 0) is 0 Å². The van der Waals surface area contributed by atoms with Gasteiger partial charge in [0.15, 0.2) is 0 Å². The molecule has 3 aromatic heterocycles. The summed E-state index contributed by atoms with van der Waals surface area (Å²) < 4.78 is 13.3. The number of nitrogens with zero attached hydrogens (tertiary/aromatic N) is 6. The highest BCUT2D eigenvalue weighted by Crippen LogP contribution is 2.39. The first kappa shape index (κ1) is 18.9. The van der Waals surface area contributed by atoms with Gasteiger partial charge in [-0.05, 0) is 32.0 Å². The van der Waals surface area contributed by atoms with Gasteiger partial charge < -0.3 is 9.26 Å². The Balaban J connectivity index is 1.53. The van der Waals surface area contributed by atoms with Crippen LogP contribution in [0.25, 0.3) is 11.1 Å². The molecular formula is C20H16N6O2S2. The van der Waals surface area contributed by atoms with Crippen LogP contribution in [0.5, 0.6) is 11.6 Å². The molecule has 5 rings (SSSR count). The number of ether oxygens (including phenoxy) is 1. The quantitative estimate of drug-likeness (QED) is 0.396. The molecule has 0 aliphatic carbocycles. The van der Waals surface area contributed by atoms with Gasteiger partial charge in [-0.1, -0.05) is 35.1 Å². The summed E-state index contributed by atoms with van der Waals surface area (Å²) in [5.74, 6) is 1.73. The molecular weight excluding hydrogens is 420 g/mol. The van der Waals surface area contributed by atoms with E-state index in [1.54, 1.807) is 17.9 Å². The number of rotatable bonds is 5. The molecule has 8 nitrogen and oxygen atoms in total. The number of aryl methyl sites for hydroxylation is 1. The molecule has 1 atom stereocenters. The standard InChI is InChI=1S/C20H16N6O2S2/c1-12-17-15(8-9-21-19(17)28-25-12)30-16-10-22-18(26-13(2)23-11-29-26)20(24-16)27-14-6-4-3-5-7-14/h3-11,13H,1-2H3. The lowest BCUT2D eigenvalue weighted by Crippen LogP contribution is -2.22. The van der Waals surface area contributed by atoms with E-state index >= 15 is 0 Å². The Morgan fingerprint density at radius 2 is 2.03 bits per heavy atom. The molecule has 0 fully saturated rings. The van der Waals surface area contributed by atoms with Gasteiger partial charge in [-0.2, -0.15) is 0 Å². The topological polar surface area (TPSA) is 89.5 Å². The summed E-state index contributed by atoms with van der Waals surface area (Å²) in [5.41, 5.74) is 3.08. The first-order chi connectivity index (χ1) is 14.7. The van der Waals surface area contributed by atoms with Gasteiger partial charge >= 0.3 is 0 Å². The Morgan fingerprint density at radius 3 is 2.83 bits per heavy atom. The van der Waals surface area contributed by atoms with E-state index in [2.05, 4.69) is 20.1 Å². The second-order valence-corrected chi connectivity index (χ2v) is 8.31. The van der Waals surface area contributed by atoms with Gasteiger partial charge in [0.2, 0.25) is 5.82 Å². The predicted molar refractivity (Wildman–Crippen MR) is 117 cm³/mol. The molecule has 1 aliphatic heterocycles. The first-order valence-electron chi connectivity index (χ1n) is 9.15. The molecule has 30 heavy (non-hydrogen) atoms. The van der Waals surface area contributed by atoms with E-state index in [0.29, 0.717) is 28.2 Å². The minimum atomic E-state index is -0.0552. The zero-order valence-corrected chi connectivity index (χ0v) is 17.7. The molecule has 150 valence electrons. The summed E-state index contributed by atoms with van der Waals surface area (Å²) in [7, 11) is 0. The molecule has 4 aromatic rings. The highest BCUT2D eigenvalue weighted by molar-refractivity contribution is 8.13. The average molecular weight is 437 g/mol. The number of fused-ring (bicyclic) bond motifs is 1. The SMILES string of the molecule is Cc1noc2nccc(Sc3cnc(N4SC=NC4C)c(Oc4ccccc4)n3)c12. The molecule has 0 saturated heterocycles. The molecule has 1 aromatic carbocycles. The molecule has 4 heterocycles. The molecule has 0 spiro atoms. The number of anilines is 1. The molecule has 0 bridgehead atoms. The molecule has 1 unspecified atom stereocenters. The largest absolute Gasteiger partial charge is 0.436 e. The van der Waals surface area contributed by atoms with Gasteiger partial charge in [0.05, 0.1) is 22.8 Å². The maximum Gasteiger partial charge on any atom is 0.265 e. The van der Waals surface area contributed by atoms with Gasteiger partial charge in [0, 0.05) is 23.0 Å². The van der Waals surface area contributed by atoms with Crippen molar-refractivity contribution in [1.29, 1.82) is 0 Å². The lowest BCUT2D eigenvalue weighted by atomic mass is 10.3. The lowest BCUT2D eigenvalue weighted by molar-refractivity contribution is 0.443. The van der Waals surface area contributed by atoms with Crippen molar-refractivity contribution in [2.75, 3.05) is 4.31 Å². The van der Waals surface area contributed by atoms with Crippen LogP contribution in [0.15, 0.2) is 68.2 Å². The third-order valence-corrected chi connectivity index (χ3v) is 6.25. The number of benzene rings is 1. The van der Waals surface area contributed by atoms with Crippen LogP contribution < -0.4 is 9.04 Å². The normalized spacial score (nSPS) is 15.8. The van der Waals surface area contributed by atoms with Crippen molar-refractivity contribution in [2.24, 2.45) is 4.99 Å². The Labute approximate surface area is 180 Å². The number of aliphatic imine (C=N–C) groups is 1. The van der Waals surface area contributed by atoms with E-state index in [1.807, 2.05) is 54.6 Å². The van der Waals surface area contributed by atoms with Crippen LogP contribution >= 0.6 is 23.7 Å². The van der Waals surface area contributed by atoms with E-state index in [0.717, 1.165) is 16.0 Å². The maximum absolute atomic E-state index is 6.10. The van der Waals surface area contributed by atoms with E-state index in [1.165, 1.54) is 23.7 Å². The summed E-state index contributed by atoms with van der Waals surface area (Å²) in [5, 5.41) is 5.57. The number of aromatic nitrogens is 4. The first-order valence-corrected chi connectivity index (χ1v) is 10.8. The summed E-state index contributed by atoms with van der Waals surface area (Å²) in [4.78, 5) is 19.0. The summed E-state index contributed by atoms with van der Waals surface area (Å²) in [6, 6.07) is 11.5. The zero-order chi connectivity index (χ0) is 20.5. The smallest absolute Gasteiger partial charge is 0.265 e. The van der Waals surface area contributed by atoms with E-state index in [4.69, 9.17) is 14.2 Å². The number of para-hydroxylation sites is 1. The minimum Gasteiger partial charge on any atom is -0.436 e. The van der Waals surface area contributed by atoms with E-state index in [9.17, 15) is 0 Å². The fraction of sp³-hybridized carbons (Fsp3) is 0.150. The van der Waals surface area contributed by atoms with Crippen molar-refractivity contribution >= 4 is 46.2 Å². The second kappa shape index (κ2) is 7.96. The fourth-order valence-electron chi connectivity index (χ4n) is 2.94. The third kappa shape index (κ3) is 3.59. The van der Waals surface area contributed by atoms with Gasteiger partial charge in [-0.25, -0.2) is 15.0 Å². The van der Waals surface area contributed by atoms with Crippen LogP contribution in [-0.4, -0.2) is 31.8 Å². The Morgan fingerprint density at radius 1 is 1.17 bits per heavy atom. The van der Waals surface area contributed by atoms with Gasteiger partial charge in [0.25, 0.3) is 11.6 Å². The predicted octanol–water partition coefficient (Wildman–Crippen LogP) is 5.11. The van der Waals surface area contributed by atoms with Crippen molar-refractivity contribution in [3.05, 3.63) is 54.5 Å². The lowest BCUT2D eigenvalue weighted by Gasteiger charge is -2.21. The van der Waals surface area contributed by atoms with Crippen molar-refractivity contribution in [2.45, 2.75) is 29.9 Å². The van der Waals surface area contributed by atoms with Gasteiger partial charge in [-0.3, -0.25) is 9.30 Å². The second-order valence-electron chi connectivity index (χ2n) is 6.43. The van der Waals surface area contributed by atoms with Crippen LogP contribution in [0.4, 0.5) is 5.82 Å². The Bertz CT molecular complexity index is 1230. The Kier molecular flexibility index (Phi) is 5.01. The molecule has 0 radical (unpaired) electrons. The number of hydrogen-bond donors (Lipinski definition) is 0. The highest BCUT2D eigenvalue weighted by Gasteiger charge is 2.25. The third-order valence-electron chi connectivity index (χ3n) is 4.37. The molecule has 0 amide bonds.